The zero-order chi connectivity index (χ0) is 20.5. The van der Waals surface area contributed by atoms with Gasteiger partial charge in [0.25, 0.3) is 0 Å². The van der Waals surface area contributed by atoms with E-state index >= 15 is 0 Å². The van der Waals surface area contributed by atoms with Crippen molar-refractivity contribution in [2.45, 2.75) is 26.2 Å². The highest BCUT2D eigenvalue weighted by atomic mass is 16.1. The lowest BCUT2D eigenvalue weighted by molar-refractivity contribution is -0.123. The molecule has 2 unspecified atom stereocenters. The fraction of sp³-hybridized carbons (Fsp3) is 0.320. The van der Waals surface area contributed by atoms with Gasteiger partial charge in [0, 0.05) is 53.9 Å². The van der Waals surface area contributed by atoms with E-state index in [-0.39, 0.29) is 35.6 Å². The number of fused-ring (bicyclic) bond motifs is 1. The molecule has 0 radical (unpaired) electrons. The van der Waals surface area contributed by atoms with Gasteiger partial charge in [-0.1, -0.05) is 49.4 Å². The quantitative estimate of drug-likeness (QED) is 0.758. The highest BCUT2D eigenvalue weighted by Crippen LogP contribution is 2.41. The van der Waals surface area contributed by atoms with Gasteiger partial charge in [0.2, 0.25) is 0 Å². The van der Waals surface area contributed by atoms with Crippen LogP contribution in [0.25, 0.3) is 0 Å². The Balaban J connectivity index is 1.57. The summed E-state index contributed by atoms with van der Waals surface area (Å²) in [5, 5.41) is 0. The fourth-order valence-corrected chi connectivity index (χ4v) is 4.58. The minimum absolute atomic E-state index is 0.0608. The number of allylic oxidation sites excluding steroid dienone is 2. The van der Waals surface area contributed by atoms with Gasteiger partial charge in [-0.15, -0.1) is 0 Å². The zero-order valence-electron chi connectivity index (χ0n) is 16.9. The molecule has 0 amide bonds. The number of rotatable bonds is 5. The Labute approximate surface area is 171 Å². The molecule has 4 rings (SSSR count). The average Bonchev–Trinajstić information content (AvgIpc) is 2.75. The number of nitrogens with zero attached hydrogens (tertiary/aromatic N) is 1. The van der Waals surface area contributed by atoms with Crippen molar-refractivity contribution in [2.24, 2.45) is 11.8 Å². The van der Waals surface area contributed by atoms with Crippen molar-refractivity contribution in [3.8, 4) is 0 Å². The van der Waals surface area contributed by atoms with Crippen molar-refractivity contribution in [2.75, 3.05) is 18.5 Å². The molecule has 2 aromatic rings. The first-order valence-corrected chi connectivity index (χ1v) is 10.2. The molecule has 4 nitrogen and oxygen atoms in total. The van der Waals surface area contributed by atoms with Gasteiger partial charge in [-0.05, 0) is 30.9 Å². The molecule has 2 aliphatic carbocycles. The van der Waals surface area contributed by atoms with Crippen LogP contribution in [0.2, 0.25) is 0 Å². The third-order valence-corrected chi connectivity index (χ3v) is 6.30. The topological polar surface area (TPSA) is 54.5 Å². The van der Waals surface area contributed by atoms with Crippen LogP contribution in [-0.2, 0) is 4.79 Å². The molecule has 0 heterocycles. The molecule has 0 aromatic heterocycles. The third kappa shape index (κ3) is 3.44. The third-order valence-electron chi connectivity index (χ3n) is 6.30. The molecule has 2 aromatic carbocycles. The molecule has 4 heteroatoms. The minimum atomic E-state index is -0.238. The Bertz CT molecular complexity index is 1010. The molecular weight excluding hydrogens is 362 g/mol. The first kappa shape index (κ1) is 19.3. The zero-order valence-corrected chi connectivity index (χ0v) is 16.9. The van der Waals surface area contributed by atoms with E-state index in [0.717, 1.165) is 18.7 Å². The maximum atomic E-state index is 13.2. The van der Waals surface area contributed by atoms with Crippen LogP contribution in [0.1, 0.15) is 46.9 Å². The first-order valence-electron chi connectivity index (χ1n) is 10.2. The van der Waals surface area contributed by atoms with Crippen LogP contribution in [0.3, 0.4) is 0 Å². The average molecular weight is 387 g/mol. The van der Waals surface area contributed by atoms with Gasteiger partial charge in [-0.25, -0.2) is 0 Å². The van der Waals surface area contributed by atoms with Crippen LogP contribution < -0.4 is 4.90 Å². The van der Waals surface area contributed by atoms with Crippen LogP contribution in [0.15, 0.2) is 65.7 Å². The van der Waals surface area contributed by atoms with Crippen LogP contribution in [-0.4, -0.2) is 30.9 Å². The predicted molar refractivity (Wildman–Crippen MR) is 113 cm³/mol. The van der Waals surface area contributed by atoms with E-state index in [1.54, 1.807) is 24.3 Å². The van der Waals surface area contributed by atoms with E-state index < -0.39 is 0 Å². The Hall–Kier alpha value is -3.01. The summed E-state index contributed by atoms with van der Waals surface area (Å²) < 4.78 is 0. The molecule has 0 saturated carbocycles. The first-order chi connectivity index (χ1) is 14.0. The van der Waals surface area contributed by atoms with Crippen molar-refractivity contribution in [1.82, 2.24) is 0 Å². The number of anilines is 1. The predicted octanol–water partition coefficient (Wildman–Crippen LogP) is 4.50. The largest absolute Gasteiger partial charge is 0.375 e. The Morgan fingerprint density at radius 1 is 0.897 bits per heavy atom. The van der Waals surface area contributed by atoms with Gasteiger partial charge in [-0.2, -0.15) is 0 Å². The maximum Gasteiger partial charge on any atom is 0.190 e. The number of ketones is 3. The molecule has 148 valence electrons. The summed E-state index contributed by atoms with van der Waals surface area (Å²) in [5.41, 5.74) is 3.06. The van der Waals surface area contributed by atoms with E-state index in [2.05, 4.69) is 17.0 Å². The molecule has 0 aliphatic heterocycles. The summed E-state index contributed by atoms with van der Waals surface area (Å²) in [4.78, 5) is 41.0. The summed E-state index contributed by atoms with van der Waals surface area (Å²) in [6.07, 6.45) is 1.63. The van der Waals surface area contributed by atoms with Crippen molar-refractivity contribution in [1.29, 1.82) is 0 Å². The highest BCUT2D eigenvalue weighted by molar-refractivity contribution is 6.28. The molecule has 29 heavy (non-hydrogen) atoms. The van der Waals surface area contributed by atoms with E-state index in [4.69, 9.17) is 0 Å². The van der Waals surface area contributed by atoms with Crippen LogP contribution in [0, 0.1) is 11.8 Å². The molecule has 0 N–H and O–H groups in total. The standard InChI is InChI=1S/C25H25NO3/c1-16-18(13-8-14-26(2)17-9-4-3-5-10-17)23-21(15-22(16)27)24(28)19-11-6-7-12-20(19)25(23)29/h3-7,9-12,16,18H,8,13-15H2,1-2H3. The SMILES string of the molecule is CC1C(=O)CC2=C(C(=O)c3ccccc3C2=O)C1CCCN(C)c1ccccc1. The normalized spacial score (nSPS) is 21.1. The number of benzene rings is 2. The second kappa shape index (κ2) is 7.78. The van der Waals surface area contributed by atoms with Gasteiger partial charge in [-0.3, -0.25) is 14.4 Å². The summed E-state index contributed by atoms with van der Waals surface area (Å²) in [5.74, 6) is -0.596. The number of hydrogen-bond acceptors (Lipinski definition) is 4. The monoisotopic (exact) mass is 387 g/mol. The van der Waals surface area contributed by atoms with Gasteiger partial charge < -0.3 is 4.90 Å². The van der Waals surface area contributed by atoms with Crippen molar-refractivity contribution < 1.29 is 14.4 Å². The smallest absolute Gasteiger partial charge is 0.190 e. The second-order valence-corrected chi connectivity index (χ2v) is 8.03. The molecule has 0 bridgehead atoms. The summed E-state index contributed by atoms with van der Waals surface area (Å²) >= 11 is 0. The van der Waals surface area contributed by atoms with Gasteiger partial charge >= 0.3 is 0 Å². The molecular formula is C25H25NO3. The summed E-state index contributed by atoms with van der Waals surface area (Å²) in [6.45, 7) is 2.72. The maximum absolute atomic E-state index is 13.2. The van der Waals surface area contributed by atoms with E-state index in [1.807, 2.05) is 32.2 Å². The van der Waals surface area contributed by atoms with Gasteiger partial charge in [0.1, 0.15) is 5.78 Å². The van der Waals surface area contributed by atoms with Gasteiger partial charge in [0.15, 0.2) is 11.6 Å². The number of para-hydroxylation sites is 1. The Morgan fingerprint density at radius 2 is 1.52 bits per heavy atom. The molecule has 2 aliphatic rings. The van der Waals surface area contributed by atoms with E-state index in [1.165, 1.54) is 0 Å². The van der Waals surface area contributed by atoms with Crippen LogP contribution in [0.4, 0.5) is 5.69 Å². The number of Topliss-reactive ketones (excluding diaryl/α,β-unsaturated/α-hetero) is 3. The van der Waals surface area contributed by atoms with Crippen molar-refractivity contribution >= 4 is 23.0 Å². The highest BCUT2D eigenvalue weighted by Gasteiger charge is 2.43. The Morgan fingerprint density at radius 3 is 2.21 bits per heavy atom. The van der Waals surface area contributed by atoms with E-state index in [0.29, 0.717) is 28.7 Å². The number of carbonyl (C=O) groups is 3. The van der Waals surface area contributed by atoms with Gasteiger partial charge in [0.05, 0.1) is 0 Å². The lowest BCUT2D eigenvalue weighted by Crippen LogP contribution is -2.37. The summed E-state index contributed by atoms with van der Waals surface area (Å²) in [6, 6.07) is 17.1. The number of carbonyl (C=O) groups excluding carboxylic acids is 3. The lowest BCUT2D eigenvalue weighted by Gasteiger charge is -2.34. The molecule has 2 atom stereocenters. The fourth-order valence-electron chi connectivity index (χ4n) is 4.58. The van der Waals surface area contributed by atoms with Crippen LogP contribution >= 0.6 is 0 Å². The number of hydrogen-bond donors (Lipinski definition) is 0. The molecule has 0 fully saturated rings. The van der Waals surface area contributed by atoms with Crippen molar-refractivity contribution in [3.05, 3.63) is 76.9 Å². The van der Waals surface area contributed by atoms with Crippen molar-refractivity contribution in [3.63, 3.8) is 0 Å². The van der Waals surface area contributed by atoms with E-state index in [9.17, 15) is 14.4 Å². The summed E-state index contributed by atoms with van der Waals surface area (Å²) in [7, 11) is 2.04. The second-order valence-electron chi connectivity index (χ2n) is 8.03. The lowest BCUT2D eigenvalue weighted by atomic mass is 9.67. The molecule has 0 spiro atoms. The minimum Gasteiger partial charge on any atom is -0.375 e. The Kier molecular flexibility index (Phi) is 5.18. The molecule has 0 saturated heterocycles. The van der Waals surface area contributed by atoms with Crippen LogP contribution in [0.5, 0.6) is 0 Å².